The van der Waals surface area contributed by atoms with E-state index in [0.717, 1.165) is 5.56 Å². The van der Waals surface area contributed by atoms with Gasteiger partial charge in [0.15, 0.2) is 0 Å². The van der Waals surface area contributed by atoms with Crippen molar-refractivity contribution in [2.45, 2.75) is 25.9 Å². The summed E-state index contributed by atoms with van der Waals surface area (Å²) in [7, 11) is 0. The van der Waals surface area contributed by atoms with E-state index in [4.69, 9.17) is 5.26 Å². The maximum absolute atomic E-state index is 9.35. The van der Waals surface area contributed by atoms with E-state index in [1.807, 2.05) is 37.3 Å². The summed E-state index contributed by atoms with van der Waals surface area (Å²) in [4.78, 5) is 0. The molecule has 1 atom stereocenters. The third kappa shape index (κ3) is 3.27. The van der Waals surface area contributed by atoms with E-state index in [1.165, 1.54) is 5.56 Å². The maximum Gasteiger partial charge on any atom is 0.0710 e. The first-order chi connectivity index (χ1) is 6.22. The van der Waals surface area contributed by atoms with Gasteiger partial charge in [-0.15, -0.1) is 0 Å². The average Bonchev–Trinajstić information content (AvgIpc) is 2.09. The molecule has 0 saturated heterocycles. The van der Waals surface area contributed by atoms with Crippen molar-refractivity contribution in [1.29, 1.82) is 5.26 Å². The molecule has 1 N–H and O–H groups in total. The second kappa shape index (κ2) is 4.64. The van der Waals surface area contributed by atoms with Gasteiger partial charge in [-0.1, -0.05) is 29.8 Å². The quantitative estimate of drug-likeness (QED) is 0.761. The Bertz CT molecular complexity index is 297. The Kier molecular flexibility index (Phi) is 3.48. The number of nitrogens with zero attached hydrogens (tertiary/aromatic N) is 1. The molecule has 0 aliphatic carbocycles. The summed E-state index contributed by atoms with van der Waals surface area (Å²) in [6.45, 7) is 2.02. The van der Waals surface area contributed by atoms with E-state index >= 15 is 0 Å². The third-order valence-electron chi connectivity index (χ3n) is 1.92. The topological polar surface area (TPSA) is 44.0 Å². The molecular formula is C11H13NO. The molecule has 2 heteroatoms. The monoisotopic (exact) mass is 175 g/mol. The highest BCUT2D eigenvalue weighted by atomic mass is 16.3. The highest BCUT2D eigenvalue weighted by Gasteiger charge is 2.03. The van der Waals surface area contributed by atoms with Crippen LogP contribution in [0, 0.1) is 18.3 Å². The van der Waals surface area contributed by atoms with Gasteiger partial charge in [0.2, 0.25) is 0 Å². The molecule has 0 amide bonds. The average molecular weight is 175 g/mol. The lowest BCUT2D eigenvalue weighted by atomic mass is 10.1. The number of hydrogen-bond donors (Lipinski definition) is 1. The van der Waals surface area contributed by atoms with Crippen molar-refractivity contribution in [2.24, 2.45) is 0 Å². The first kappa shape index (κ1) is 9.76. The molecule has 0 saturated carbocycles. The summed E-state index contributed by atoms with van der Waals surface area (Å²) in [5, 5.41) is 17.7. The fourth-order valence-corrected chi connectivity index (χ4v) is 1.17. The first-order valence-electron chi connectivity index (χ1n) is 4.33. The number of nitriles is 1. The molecule has 0 aliphatic rings. The molecule has 0 bridgehead atoms. The number of rotatable bonds is 3. The van der Waals surface area contributed by atoms with Crippen molar-refractivity contribution in [3.8, 4) is 6.07 Å². The zero-order chi connectivity index (χ0) is 9.68. The van der Waals surface area contributed by atoms with Gasteiger partial charge in [-0.25, -0.2) is 0 Å². The van der Waals surface area contributed by atoms with E-state index in [-0.39, 0.29) is 6.42 Å². The lowest BCUT2D eigenvalue weighted by Crippen LogP contribution is -2.08. The van der Waals surface area contributed by atoms with Gasteiger partial charge in [0, 0.05) is 0 Å². The summed E-state index contributed by atoms with van der Waals surface area (Å²) in [5.41, 5.74) is 2.28. The van der Waals surface area contributed by atoms with Crippen LogP contribution in [-0.4, -0.2) is 11.2 Å². The van der Waals surface area contributed by atoms with Gasteiger partial charge in [0.05, 0.1) is 18.6 Å². The Hall–Kier alpha value is -1.33. The van der Waals surface area contributed by atoms with Gasteiger partial charge in [-0.05, 0) is 18.9 Å². The minimum atomic E-state index is -0.535. The van der Waals surface area contributed by atoms with E-state index in [1.54, 1.807) is 0 Å². The largest absolute Gasteiger partial charge is 0.392 e. The van der Waals surface area contributed by atoms with Crippen molar-refractivity contribution in [3.05, 3.63) is 35.4 Å². The summed E-state index contributed by atoms with van der Waals surface area (Å²) >= 11 is 0. The molecule has 0 heterocycles. The SMILES string of the molecule is Cc1ccc(CC(O)CC#N)cc1. The third-order valence-corrected chi connectivity index (χ3v) is 1.92. The number of benzene rings is 1. The Morgan fingerprint density at radius 3 is 2.54 bits per heavy atom. The van der Waals surface area contributed by atoms with Crippen LogP contribution in [0.1, 0.15) is 17.5 Å². The first-order valence-corrected chi connectivity index (χ1v) is 4.33. The van der Waals surface area contributed by atoms with Crippen LogP contribution >= 0.6 is 0 Å². The Labute approximate surface area is 78.4 Å². The number of aliphatic hydroxyl groups excluding tert-OH is 1. The summed E-state index contributed by atoms with van der Waals surface area (Å²) in [6, 6.07) is 9.93. The van der Waals surface area contributed by atoms with Gasteiger partial charge in [0.1, 0.15) is 0 Å². The predicted molar refractivity (Wildman–Crippen MR) is 51.1 cm³/mol. The van der Waals surface area contributed by atoms with Gasteiger partial charge in [-0.3, -0.25) is 0 Å². The lowest BCUT2D eigenvalue weighted by molar-refractivity contribution is 0.180. The highest BCUT2D eigenvalue weighted by Crippen LogP contribution is 2.07. The van der Waals surface area contributed by atoms with Crippen LogP contribution in [-0.2, 0) is 6.42 Å². The van der Waals surface area contributed by atoms with E-state index < -0.39 is 6.10 Å². The molecule has 1 aromatic rings. The van der Waals surface area contributed by atoms with Crippen LogP contribution in [0.5, 0.6) is 0 Å². The van der Waals surface area contributed by atoms with Crippen molar-refractivity contribution in [2.75, 3.05) is 0 Å². The second-order valence-electron chi connectivity index (χ2n) is 3.21. The molecule has 0 aliphatic heterocycles. The van der Waals surface area contributed by atoms with Crippen LogP contribution in [0.15, 0.2) is 24.3 Å². The molecule has 2 nitrogen and oxygen atoms in total. The molecular weight excluding hydrogens is 162 g/mol. The fourth-order valence-electron chi connectivity index (χ4n) is 1.17. The number of aryl methyl sites for hydroxylation is 1. The summed E-state index contributed by atoms with van der Waals surface area (Å²) in [6.07, 6.45) is 0.231. The van der Waals surface area contributed by atoms with Crippen molar-refractivity contribution < 1.29 is 5.11 Å². The smallest absolute Gasteiger partial charge is 0.0710 e. The van der Waals surface area contributed by atoms with Crippen LogP contribution in [0.4, 0.5) is 0 Å². The Morgan fingerprint density at radius 2 is 2.00 bits per heavy atom. The molecule has 0 aromatic heterocycles. The molecule has 1 aromatic carbocycles. The van der Waals surface area contributed by atoms with Crippen LogP contribution in [0.25, 0.3) is 0 Å². The van der Waals surface area contributed by atoms with Crippen molar-refractivity contribution >= 4 is 0 Å². The molecule has 0 radical (unpaired) electrons. The molecule has 68 valence electrons. The van der Waals surface area contributed by atoms with E-state index in [9.17, 15) is 5.11 Å². The molecule has 0 spiro atoms. The fraction of sp³-hybridized carbons (Fsp3) is 0.364. The second-order valence-corrected chi connectivity index (χ2v) is 3.21. The minimum Gasteiger partial charge on any atom is -0.392 e. The number of aliphatic hydroxyl groups is 1. The molecule has 1 unspecified atom stereocenters. The molecule has 1 rings (SSSR count). The van der Waals surface area contributed by atoms with Crippen molar-refractivity contribution in [1.82, 2.24) is 0 Å². The van der Waals surface area contributed by atoms with Gasteiger partial charge < -0.3 is 5.11 Å². The summed E-state index contributed by atoms with van der Waals surface area (Å²) < 4.78 is 0. The maximum atomic E-state index is 9.35. The van der Waals surface area contributed by atoms with E-state index in [2.05, 4.69) is 0 Å². The van der Waals surface area contributed by atoms with Gasteiger partial charge in [0.25, 0.3) is 0 Å². The van der Waals surface area contributed by atoms with Gasteiger partial charge in [-0.2, -0.15) is 5.26 Å². The Morgan fingerprint density at radius 1 is 1.38 bits per heavy atom. The van der Waals surface area contributed by atoms with Crippen LogP contribution in [0.3, 0.4) is 0 Å². The van der Waals surface area contributed by atoms with Crippen LogP contribution < -0.4 is 0 Å². The zero-order valence-corrected chi connectivity index (χ0v) is 7.70. The van der Waals surface area contributed by atoms with Gasteiger partial charge >= 0.3 is 0 Å². The summed E-state index contributed by atoms with van der Waals surface area (Å²) in [5.74, 6) is 0. The minimum absolute atomic E-state index is 0.202. The van der Waals surface area contributed by atoms with Crippen molar-refractivity contribution in [3.63, 3.8) is 0 Å². The number of hydrogen-bond acceptors (Lipinski definition) is 2. The highest BCUT2D eigenvalue weighted by molar-refractivity contribution is 5.21. The zero-order valence-electron chi connectivity index (χ0n) is 7.70. The lowest BCUT2D eigenvalue weighted by Gasteiger charge is -2.05. The van der Waals surface area contributed by atoms with E-state index in [0.29, 0.717) is 6.42 Å². The molecule has 13 heavy (non-hydrogen) atoms. The Balaban J connectivity index is 2.55. The molecule has 0 fully saturated rings. The normalized spacial score (nSPS) is 12.1. The predicted octanol–water partition coefficient (Wildman–Crippen LogP) is 1.81. The standard InChI is InChI=1S/C11H13NO/c1-9-2-4-10(5-3-9)8-11(13)6-7-12/h2-5,11,13H,6,8H2,1H3. The van der Waals surface area contributed by atoms with Crippen LogP contribution in [0.2, 0.25) is 0 Å².